The van der Waals surface area contributed by atoms with Gasteiger partial charge >= 0.3 is 0 Å². The zero-order chi connectivity index (χ0) is 28.2. The second kappa shape index (κ2) is 11.8. The van der Waals surface area contributed by atoms with Crippen LogP contribution in [-0.4, -0.2) is 30.6 Å². The summed E-state index contributed by atoms with van der Waals surface area (Å²) < 4.78 is 13.8. The molecule has 0 aliphatic heterocycles. The molecule has 0 fully saturated rings. The molecule has 1 amide bonds. The van der Waals surface area contributed by atoms with E-state index in [2.05, 4.69) is 0 Å². The molecule has 3 aromatic heterocycles. The van der Waals surface area contributed by atoms with Crippen molar-refractivity contribution in [1.29, 1.82) is 0 Å². The summed E-state index contributed by atoms with van der Waals surface area (Å²) in [4.78, 5) is 29.9. The van der Waals surface area contributed by atoms with Crippen molar-refractivity contribution in [3.8, 4) is 16.9 Å². The van der Waals surface area contributed by atoms with E-state index >= 15 is 0 Å². The minimum atomic E-state index is -0.198. The standard InChI is InChI=1S/C34H28N2O4S/c1-39-20-19-35(27-10-6-3-7-11-27)34(38)30-22-29(33(37)36-18-16-26-17-21-41-32(26)31(30)36)25-12-14-28(15-13-25)40-23-24-8-4-2-5-9-24/h2-18,21-22H,19-20,23H2,1H3. The van der Waals surface area contributed by atoms with Gasteiger partial charge in [0.1, 0.15) is 12.4 Å². The SMILES string of the molecule is COCCN(C(=O)c1cc(-c2ccc(OCc3ccccc3)cc2)c(=O)n2ccc3ccsc3c12)c1ccccc1. The summed E-state index contributed by atoms with van der Waals surface area (Å²) in [5, 5.41) is 2.96. The monoisotopic (exact) mass is 560 g/mol. The Morgan fingerprint density at radius 2 is 1.63 bits per heavy atom. The number of thiophene rings is 1. The maximum atomic E-state index is 14.3. The van der Waals surface area contributed by atoms with Gasteiger partial charge < -0.3 is 14.4 Å². The number of methoxy groups -OCH3 is 1. The maximum Gasteiger partial charge on any atom is 0.263 e. The number of carbonyl (C=O) groups excluding carboxylic acids is 1. The van der Waals surface area contributed by atoms with Gasteiger partial charge in [-0.05, 0) is 64.4 Å². The van der Waals surface area contributed by atoms with Gasteiger partial charge in [0.2, 0.25) is 0 Å². The van der Waals surface area contributed by atoms with E-state index in [0.29, 0.717) is 47.7 Å². The average Bonchev–Trinajstić information content (AvgIpc) is 3.51. The molecular formula is C34H28N2O4S. The fraction of sp³-hybridized carbons (Fsp3) is 0.118. The van der Waals surface area contributed by atoms with Crippen LogP contribution in [0.2, 0.25) is 0 Å². The van der Waals surface area contributed by atoms with Crippen LogP contribution in [0.3, 0.4) is 0 Å². The molecule has 6 aromatic rings. The summed E-state index contributed by atoms with van der Waals surface area (Å²) >= 11 is 1.52. The number of aromatic nitrogens is 1. The quantitative estimate of drug-likeness (QED) is 0.190. The van der Waals surface area contributed by atoms with E-state index in [0.717, 1.165) is 21.3 Å². The van der Waals surface area contributed by atoms with Crippen LogP contribution >= 0.6 is 11.3 Å². The number of benzene rings is 3. The first-order chi connectivity index (χ1) is 20.1. The minimum Gasteiger partial charge on any atom is -0.489 e. The molecule has 6 rings (SSSR count). The van der Waals surface area contributed by atoms with Crippen LogP contribution in [0.15, 0.2) is 119 Å². The number of hydrogen-bond acceptors (Lipinski definition) is 5. The van der Waals surface area contributed by atoms with Crippen LogP contribution in [-0.2, 0) is 11.3 Å². The van der Waals surface area contributed by atoms with Gasteiger partial charge in [0.25, 0.3) is 11.5 Å². The van der Waals surface area contributed by atoms with Gasteiger partial charge in [-0.1, -0.05) is 60.7 Å². The first kappa shape index (κ1) is 26.5. The summed E-state index contributed by atoms with van der Waals surface area (Å²) in [5.41, 5.74) is 3.86. The van der Waals surface area contributed by atoms with Crippen LogP contribution in [0.5, 0.6) is 5.75 Å². The number of para-hydroxylation sites is 1. The van der Waals surface area contributed by atoms with E-state index in [4.69, 9.17) is 9.47 Å². The highest BCUT2D eigenvalue weighted by Gasteiger charge is 2.24. The minimum absolute atomic E-state index is 0.187. The van der Waals surface area contributed by atoms with E-state index in [1.807, 2.05) is 102 Å². The summed E-state index contributed by atoms with van der Waals surface area (Å²) in [6.07, 6.45) is 1.76. The summed E-state index contributed by atoms with van der Waals surface area (Å²) in [5.74, 6) is 0.501. The molecule has 0 saturated carbocycles. The number of nitrogens with zero attached hydrogens (tertiary/aromatic N) is 2. The number of amides is 1. The Morgan fingerprint density at radius 1 is 0.902 bits per heavy atom. The molecule has 0 radical (unpaired) electrons. The van der Waals surface area contributed by atoms with Gasteiger partial charge in [-0.3, -0.25) is 14.0 Å². The summed E-state index contributed by atoms with van der Waals surface area (Å²) in [6, 6.07) is 32.6. The Balaban J connectivity index is 1.45. The first-order valence-electron chi connectivity index (χ1n) is 13.3. The molecular weight excluding hydrogens is 532 g/mol. The Hall–Kier alpha value is -4.72. The molecule has 0 aliphatic rings. The topological polar surface area (TPSA) is 60.2 Å². The number of anilines is 1. The molecule has 7 heteroatoms. The fourth-order valence-corrected chi connectivity index (χ4v) is 5.88. The van der Waals surface area contributed by atoms with Crippen LogP contribution in [0.4, 0.5) is 5.69 Å². The highest BCUT2D eigenvalue weighted by atomic mass is 32.1. The molecule has 3 aromatic carbocycles. The van der Waals surface area contributed by atoms with E-state index in [9.17, 15) is 9.59 Å². The molecule has 0 atom stereocenters. The Bertz CT molecular complexity index is 1860. The Labute approximate surface area is 241 Å². The Morgan fingerprint density at radius 3 is 2.37 bits per heavy atom. The van der Waals surface area contributed by atoms with Crippen LogP contribution in [0, 0.1) is 0 Å². The van der Waals surface area contributed by atoms with E-state index in [1.165, 1.54) is 11.3 Å². The molecule has 0 saturated heterocycles. The zero-order valence-electron chi connectivity index (χ0n) is 22.5. The highest BCUT2D eigenvalue weighted by Crippen LogP contribution is 2.31. The molecule has 3 heterocycles. The van der Waals surface area contributed by atoms with Gasteiger partial charge in [0.05, 0.1) is 22.4 Å². The fourth-order valence-electron chi connectivity index (χ4n) is 4.93. The highest BCUT2D eigenvalue weighted by molar-refractivity contribution is 7.18. The molecule has 0 aliphatic carbocycles. The van der Waals surface area contributed by atoms with Gasteiger partial charge in [-0.25, -0.2) is 0 Å². The molecule has 0 N–H and O–H groups in total. The molecule has 41 heavy (non-hydrogen) atoms. The van der Waals surface area contributed by atoms with Crippen molar-refractivity contribution >= 4 is 38.5 Å². The predicted molar refractivity (Wildman–Crippen MR) is 165 cm³/mol. The second-order valence-corrected chi connectivity index (χ2v) is 10.5. The number of ether oxygens (including phenoxy) is 2. The van der Waals surface area contributed by atoms with E-state index in [1.54, 1.807) is 28.7 Å². The Kier molecular flexibility index (Phi) is 7.63. The third kappa shape index (κ3) is 5.37. The van der Waals surface area contributed by atoms with E-state index < -0.39 is 0 Å². The third-order valence-corrected chi connectivity index (χ3v) is 7.96. The lowest BCUT2D eigenvalue weighted by molar-refractivity contribution is 0.0977. The van der Waals surface area contributed by atoms with E-state index in [-0.39, 0.29) is 11.5 Å². The van der Waals surface area contributed by atoms with Crippen LogP contribution < -0.4 is 15.2 Å². The number of pyridine rings is 2. The summed E-state index contributed by atoms with van der Waals surface area (Å²) in [6.45, 7) is 1.19. The predicted octanol–water partition coefficient (Wildman–Crippen LogP) is 7.05. The smallest absolute Gasteiger partial charge is 0.263 e. The normalized spacial score (nSPS) is 11.1. The summed E-state index contributed by atoms with van der Waals surface area (Å²) in [7, 11) is 1.62. The third-order valence-electron chi connectivity index (χ3n) is 7.02. The van der Waals surface area contributed by atoms with Crippen molar-refractivity contribution < 1.29 is 14.3 Å². The molecule has 204 valence electrons. The molecule has 0 spiro atoms. The lowest BCUT2D eigenvalue weighted by Gasteiger charge is -2.24. The number of fused-ring (bicyclic) bond motifs is 3. The maximum absolute atomic E-state index is 14.3. The largest absolute Gasteiger partial charge is 0.489 e. The zero-order valence-corrected chi connectivity index (χ0v) is 23.3. The number of rotatable bonds is 9. The molecule has 6 nitrogen and oxygen atoms in total. The van der Waals surface area contributed by atoms with Crippen molar-refractivity contribution in [3.63, 3.8) is 0 Å². The van der Waals surface area contributed by atoms with Gasteiger partial charge in [-0.2, -0.15) is 0 Å². The molecule has 0 unspecified atom stereocenters. The number of carbonyl (C=O) groups is 1. The van der Waals surface area contributed by atoms with Crippen LogP contribution in [0.25, 0.3) is 26.7 Å². The van der Waals surface area contributed by atoms with Gasteiger partial charge in [-0.15, -0.1) is 11.3 Å². The lowest BCUT2D eigenvalue weighted by Crippen LogP contribution is -2.35. The van der Waals surface area contributed by atoms with Crippen molar-refractivity contribution in [2.24, 2.45) is 0 Å². The number of hydrogen-bond donors (Lipinski definition) is 0. The van der Waals surface area contributed by atoms with Gasteiger partial charge in [0.15, 0.2) is 0 Å². The van der Waals surface area contributed by atoms with Crippen molar-refractivity contribution in [3.05, 3.63) is 136 Å². The lowest BCUT2D eigenvalue weighted by atomic mass is 10.0. The second-order valence-electron chi connectivity index (χ2n) is 9.60. The van der Waals surface area contributed by atoms with Crippen molar-refractivity contribution in [2.75, 3.05) is 25.2 Å². The molecule has 0 bridgehead atoms. The van der Waals surface area contributed by atoms with Crippen molar-refractivity contribution in [1.82, 2.24) is 4.40 Å². The van der Waals surface area contributed by atoms with Gasteiger partial charge in [0, 0.05) is 31.1 Å². The van der Waals surface area contributed by atoms with Crippen molar-refractivity contribution in [2.45, 2.75) is 6.61 Å². The first-order valence-corrected chi connectivity index (χ1v) is 14.2. The average molecular weight is 561 g/mol. The van der Waals surface area contributed by atoms with Crippen LogP contribution in [0.1, 0.15) is 15.9 Å².